The first-order chi connectivity index (χ1) is 8.38. The second-order valence-corrected chi connectivity index (χ2v) is 4.71. The number of benzene rings is 1. The number of rotatable bonds is 6. The van der Waals surface area contributed by atoms with Crippen LogP contribution < -0.4 is 11.1 Å². The molecule has 1 fully saturated rings. The number of hydrogen-bond donors (Lipinski definition) is 2. The van der Waals surface area contributed by atoms with Crippen LogP contribution >= 0.6 is 0 Å². The smallest absolute Gasteiger partial charge is 0.0340 e. The number of hydrogen-bond acceptors (Lipinski definition) is 3. The number of nitrogens with zero attached hydrogens (tertiary/aromatic N) is 1. The molecule has 0 saturated carbocycles. The van der Waals surface area contributed by atoms with Crippen molar-refractivity contribution in [2.75, 3.05) is 38.0 Å². The van der Waals surface area contributed by atoms with Gasteiger partial charge >= 0.3 is 0 Å². The van der Waals surface area contributed by atoms with Crippen LogP contribution in [0.3, 0.4) is 0 Å². The minimum absolute atomic E-state index is 0.724. The molecule has 1 aromatic rings. The van der Waals surface area contributed by atoms with Gasteiger partial charge in [0, 0.05) is 18.8 Å². The van der Waals surface area contributed by atoms with E-state index in [0.29, 0.717) is 0 Å². The molecule has 1 aliphatic rings. The lowest BCUT2D eigenvalue weighted by molar-refractivity contribution is 0.352. The summed E-state index contributed by atoms with van der Waals surface area (Å²) in [6.07, 6.45) is 3.70. The first-order valence-corrected chi connectivity index (χ1v) is 6.64. The van der Waals surface area contributed by atoms with Gasteiger partial charge in [-0.25, -0.2) is 0 Å². The molecule has 1 heterocycles. The van der Waals surface area contributed by atoms with E-state index in [-0.39, 0.29) is 0 Å². The van der Waals surface area contributed by atoms with Crippen LogP contribution in [0.1, 0.15) is 18.4 Å². The van der Waals surface area contributed by atoms with E-state index in [9.17, 15) is 0 Å². The SMILES string of the molecule is NCCc1ccc(NCCN2CCCC2)cc1. The summed E-state index contributed by atoms with van der Waals surface area (Å²) in [6, 6.07) is 8.61. The van der Waals surface area contributed by atoms with Gasteiger partial charge in [-0.1, -0.05) is 12.1 Å². The normalized spacial score (nSPS) is 16.3. The molecule has 94 valence electrons. The molecule has 0 bridgehead atoms. The van der Waals surface area contributed by atoms with Crippen molar-refractivity contribution in [1.29, 1.82) is 0 Å². The molecule has 0 spiro atoms. The van der Waals surface area contributed by atoms with Crippen molar-refractivity contribution in [3.63, 3.8) is 0 Å². The Kier molecular flexibility index (Phi) is 4.83. The summed E-state index contributed by atoms with van der Waals surface area (Å²) in [5.41, 5.74) is 8.06. The minimum Gasteiger partial charge on any atom is -0.384 e. The molecule has 1 saturated heterocycles. The van der Waals surface area contributed by atoms with Crippen LogP contribution in [-0.2, 0) is 6.42 Å². The molecule has 3 heteroatoms. The zero-order valence-electron chi connectivity index (χ0n) is 10.5. The van der Waals surface area contributed by atoms with E-state index in [4.69, 9.17) is 5.73 Å². The Morgan fingerprint density at radius 3 is 2.47 bits per heavy atom. The van der Waals surface area contributed by atoms with Crippen molar-refractivity contribution in [2.45, 2.75) is 19.3 Å². The van der Waals surface area contributed by atoms with Crippen LogP contribution in [0, 0.1) is 0 Å². The monoisotopic (exact) mass is 233 g/mol. The topological polar surface area (TPSA) is 41.3 Å². The highest BCUT2D eigenvalue weighted by atomic mass is 15.1. The molecule has 0 radical (unpaired) electrons. The maximum atomic E-state index is 5.53. The molecule has 0 amide bonds. The number of nitrogens with one attached hydrogen (secondary N) is 1. The standard InChI is InChI=1S/C14H23N3/c15-8-7-13-3-5-14(6-4-13)16-9-12-17-10-1-2-11-17/h3-6,16H,1-2,7-12,15H2. The molecule has 1 aromatic carbocycles. The van der Waals surface area contributed by atoms with Crippen LogP contribution in [0.25, 0.3) is 0 Å². The second-order valence-electron chi connectivity index (χ2n) is 4.71. The van der Waals surface area contributed by atoms with E-state index < -0.39 is 0 Å². The van der Waals surface area contributed by atoms with Crippen molar-refractivity contribution in [2.24, 2.45) is 5.73 Å². The third-order valence-corrected chi connectivity index (χ3v) is 3.34. The zero-order chi connectivity index (χ0) is 11.9. The van der Waals surface area contributed by atoms with E-state index in [1.807, 2.05) is 0 Å². The van der Waals surface area contributed by atoms with Gasteiger partial charge in [0.05, 0.1) is 0 Å². The lowest BCUT2D eigenvalue weighted by atomic mass is 10.1. The predicted octanol–water partition coefficient (Wildman–Crippen LogP) is 1.70. The van der Waals surface area contributed by atoms with E-state index in [2.05, 4.69) is 34.5 Å². The Balaban J connectivity index is 1.70. The molecule has 0 aromatic heterocycles. The van der Waals surface area contributed by atoms with Gasteiger partial charge in [0.25, 0.3) is 0 Å². The average molecular weight is 233 g/mol. The highest BCUT2D eigenvalue weighted by Gasteiger charge is 2.09. The molecular formula is C14H23N3. The quantitative estimate of drug-likeness (QED) is 0.785. The van der Waals surface area contributed by atoms with Crippen molar-refractivity contribution >= 4 is 5.69 Å². The van der Waals surface area contributed by atoms with Gasteiger partial charge in [-0.2, -0.15) is 0 Å². The van der Waals surface area contributed by atoms with E-state index >= 15 is 0 Å². The van der Waals surface area contributed by atoms with E-state index in [1.54, 1.807) is 0 Å². The Labute approximate surface area is 104 Å². The highest BCUT2D eigenvalue weighted by molar-refractivity contribution is 5.44. The van der Waals surface area contributed by atoms with Crippen molar-refractivity contribution < 1.29 is 0 Å². The first kappa shape index (κ1) is 12.4. The number of nitrogens with two attached hydrogens (primary N) is 1. The van der Waals surface area contributed by atoms with Gasteiger partial charge < -0.3 is 16.0 Å². The first-order valence-electron chi connectivity index (χ1n) is 6.64. The molecule has 3 N–H and O–H groups in total. The van der Waals surface area contributed by atoms with Crippen LogP contribution in [0.15, 0.2) is 24.3 Å². The molecule has 1 aliphatic heterocycles. The van der Waals surface area contributed by atoms with Crippen molar-refractivity contribution in [3.05, 3.63) is 29.8 Å². The summed E-state index contributed by atoms with van der Waals surface area (Å²) in [7, 11) is 0. The van der Waals surface area contributed by atoms with Crippen LogP contribution in [-0.4, -0.2) is 37.6 Å². The molecule has 0 aliphatic carbocycles. The van der Waals surface area contributed by atoms with Gasteiger partial charge in [-0.3, -0.25) is 0 Å². The van der Waals surface area contributed by atoms with E-state index in [1.165, 1.54) is 37.2 Å². The fraction of sp³-hybridized carbons (Fsp3) is 0.571. The predicted molar refractivity (Wildman–Crippen MR) is 73.4 cm³/mol. The Morgan fingerprint density at radius 2 is 1.82 bits per heavy atom. The molecule has 2 rings (SSSR count). The summed E-state index contributed by atoms with van der Waals surface area (Å²) in [5, 5.41) is 3.47. The van der Waals surface area contributed by atoms with E-state index in [0.717, 1.165) is 26.1 Å². The summed E-state index contributed by atoms with van der Waals surface area (Å²) in [5.74, 6) is 0. The van der Waals surface area contributed by atoms with Gasteiger partial charge in [0.1, 0.15) is 0 Å². The van der Waals surface area contributed by atoms with Crippen molar-refractivity contribution in [3.8, 4) is 0 Å². The maximum Gasteiger partial charge on any atom is 0.0340 e. The lowest BCUT2D eigenvalue weighted by Crippen LogP contribution is -2.25. The van der Waals surface area contributed by atoms with Gasteiger partial charge in [-0.15, -0.1) is 0 Å². The third kappa shape index (κ3) is 4.02. The van der Waals surface area contributed by atoms with Crippen molar-refractivity contribution in [1.82, 2.24) is 4.90 Å². The number of likely N-dealkylation sites (tertiary alicyclic amines) is 1. The Hall–Kier alpha value is -1.06. The fourth-order valence-corrected chi connectivity index (χ4v) is 2.32. The van der Waals surface area contributed by atoms with Crippen LogP contribution in [0.5, 0.6) is 0 Å². The fourth-order valence-electron chi connectivity index (χ4n) is 2.32. The molecule has 17 heavy (non-hydrogen) atoms. The molecule has 0 unspecified atom stereocenters. The maximum absolute atomic E-state index is 5.53. The van der Waals surface area contributed by atoms with Crippen LogP contribution in [0.4, 0.5) is 5.69 Å². The Bertz CT molecular complexity index is 315. The molecular weight excluding hydrogens is 210 g/mol. The summed E-state index contributed by atoms with van der Waals surface area (Å²) < 4.78 is 0. The third-order valence-electron chi connectivity index (χ3n) is 3.34. The van der Waals surface area contributed by atoms with Gasteiger partial charge in [-0.05, 0) is 56.6 Å². The minimum atomic E-state index is 0.724. The summed E-state index contributed by atoms with van der Waals surface area (Å²) in [6.45, 7) is 5.47. The largest absolute Gasteiger partial charge is 0.384 e. The lowest BCUT2D eigenvalue weighted by Gasteiger charge is -2.15. The Morgan fingerprint density at radius 1 is 1.12 bits per heavy atom. The zero-order valence-corrected chi connectivity index (χ0v) is 10.5. The van der Waals surface area contributed by atoms with Gasteiger partial charge in [0.2, 0.25) is 0 Å². The summed E-state index contributed by atoms with van der Waals surface area (Å²) in [4.78, 5) is 2.52. The number of anilines is 1. The average Bonchev–Trinajstić information content (AvgIpc) is 2.85. The highest BCUT2D eigenvalue weighted by Crippen LogP contribution is 2.10. The van der Waals surface area contributed by atoms with Crippen LogP contribution in [0.2, 0.25) is 0 Å². The van der Waals surface area contributed by atoms with Gasteiger partial charge in [0.15, 0.2) is 0 Å². The summed E-state index contributed by atoms with van der Waals surface area (Å²) >= 11 is 0. The molecule has 3 nitrogen and oxygen atoms in total. The second kappa shape index (κ2) is 6.62. The molecule has 0 atom stereocenters.